The van der Waals surface area contributed by atoms with Crippen molar-refractivity contribution < 1.29 is 24.4 Å². The maximum Gasteiger partial charge on any atom is 0.278 e. The van der Waals surface area contributed by atoms with Crippen molar-refractivity contribution in [2.24, 2.45) is 0 Å². The molecule has 166 valence electrons. The number of anilines is 1. The minimum atomic E-state index is 0.285. The first-order chi connectivity index (χ1) is 15.2. The number of hydrogen-bond acceptors (Lipinski definition) is 4. The molecule has 1 amide bonds. The van der Waals surface area contributed by atoms with Gasteiger partial charge in [0.05, 0.1) is 52.4 Å². The van der Waals surface area contributed by atoms with Crippen LogP contribution in [0.3, 0.4) is 0 Å². The number of ether oxygens (including phenoxy) is 1. The van der Waals surface area contributed by atoms with Crippen molar-refractivity contribution >= 4 is 11.6 Å². The Balaban J connectivity index is 1.13. The summed E-state index contributed by atoms with van der Waals surface area (Å²) in [5.41, 5.74) is 1.14. The summed E-state index contributed by atoms with van der Waals surface area (Å²) in [6.07, 6.45) is 0. The van der Waals surface area contributed by atoms with Gasteiger partial charge in [-0.1, -0.05) is 18.2 Å². The topological polar surface area (TPSA) is 61.9 Å². The predicted molar refractivity (Wildman–Crippen MR) is 120 cm³/mol. The molecular formula is C24H34N4O3+2. The van der Waals surface area contributed by atoms with E-state index in [-0.39, 0.29) is 5.91 Å². The van der Waals surface area contributed by atoms with Gasteiger partial charge >= 0.3 is 0 Å². The average Bonchev–Trinajstić information content (AvgIpc) is 2.81. The lowest BCUT2D eigenvalue weighted by Gasteiger charge is -2.35. The molecule has 7 heteroatoms. The van der Waals surface area contributed by atoms with Crippen LogP contribution in [-0.4, -0.2) is 88.0 Å². The fourth-order valence-electron chi connectivity index (χ4n) is 4.40. The third-order valence-corrected chi connectivity index (χ3v) is 6.38. The second-order valence-corrected chi connectivity index (χ2v) is 8.47. The highest BCUT2D eigenvalue weighted by Crippen LogP contribution is 2.18. The van der Waals surface area contributed by atoms with Crippen LogP contribution in [0.15, 0.2) is 54.6 Å². The van der Waals surface area contributed by atoms with Crippen LogP contribution in [0.1, 0.15) is 0 Å². The maximum atomic E-state index is 12.8. The second kappa shape index (κ2) is 10.5. The van der Waals surface area contributed by atoms with Gasteiger partial charge in [0.2, 0.25) is 0 Å². The van der Waals surface area contributed by atoms with E-state index in [9.17, 15) is 9.90 Å². The van der Waals surface area contributed by atoms with E-state index in [1.54, 1.807) is 12.1 Å². The van der Waals surface area contributed by atoms with Gasteiger partial charge in [-0.3, -0.25) is 4.79 Å². The minimum Gasteiger partial charge on any atom is -0.508 e. The zero-order valence-electron chi connectivity index (χ0n) is 18.1. The largest absolute Gasteiger partial charge is 0.508 e. The summed E-state index contributed by atoms with van der Waals surface area (Å²) in [5.74, 6) is 1.50. The number of carbonyl (C=O) groups is 1. The lowest BCUT2D eigenvalue weighted by Crippen LogP contribution is -3.17. The number of para-hydroxylation sites is 1. The van der Waals surface area contributed by atoms with Gasteiger partial charge in [0, 0.05) is 5.69 Å². The molecule has 0 bridgehead atoms. The maximum absolute atomic E-state index is 12.8. The number of benzene rings is 2. The molecule has 4 rings (SSSR count). The molecule has 2 aromatic carbocycles. The fourth-order valence-corrected chi connectivity index (χ4v) is 4.40. The summed E-state index contributed by atoms with van der Waals surface area (Å²) < 4.78 is 5.81. The van der Waals surface area contributed by atoms with Crippen molar-refractivity contribution in [1.82, 2.24) is 4.90 Å². The van der Waals surface area contributed by atoms with Gasteiger partial charge in [0.15, 0.2) is 6.54 Å². The van der Waals surface area contributed by atoms with E-state index in [0.717, 1.165) is 70.3 Å². The third kappa shape index (κ3) is 6.12. The van der Waals surface area contributed by atoms with Crippen molar-refractivity contribution in [1.29, 1.82) is 0 Å². The lowest BCUT2D eigenvalue weighted by atomic mass is 10.2. The Labute approximate surface area is 184 Å². The molecule has 0 saturated carbocycles. The van der Waals surface area contributed by atoms with Crippen LogP contribution in [0.4, 0.5) is 5.69 Å². The van der Waals surface area contributed by atoms with Crippen molar-refractivity contribution in [3.63, 3.8) is 0 Å². The van der Waals surface area contributed by atoms with Gasteiger partial charge < -0.3 is 29.4 Å². The van der Waals surface area contributed by atoms with Crippen LogP contribution in [0.2, 0.25) is 0 Å². The molecule has 0 unspecified atom stereocenters. The number of nitrogens with zero attached hydrogens (tertiary/aromatic N) is 2. The highest BCUT2D eigenvalue weighted by molar-refractivity contribution is 5.77. The van der Waals surface area contributed by atoms with Gasteiger partial charge in [-0.2, -0.15) is 0 Å². The number of amides is 1. The predicted octanol–water partition coefficient (Wildman–Crippen LogP) is -1.10. The lowest BCUT2D eigenvalue weighted by molar-refractivity contribution is -0.904. The highest BCUT2D eigenvalue weighted by Gasteiger charge is 2.28. The van der Waals surface area contributed by atoms with E-state index >= 15 is 0 Å². The number of phenols is 1. The number of hydrogen-bond donors (Lipinski definition) is 3. The summed E-state index contributed by atoms with van der Waals surface area (Å²) in [6, 6.07) is 17.3. The summed E-state index contributed by atoms with van der Waals surface area (Å²) in [7, 11) is 0. The first kappa shape index (κ1) is 21.5. The van der Waals surface area contributed by atoms with Crippen LogP contribution in [-0.2, 0) is 4.79 Å². The monoisotopic (exact) mass is 426 g/mol. The van der Waals surface area contributed by atoms with Crippen LogP contribution < -0.4 is 19.4 Å². The molecule has 0 aliphatic carbocycles. The minimum absolute atomic E-state index is 0.285. The number of rotatable bonds is 7. The van der Waals surface area contributed by atoms with Crippen LogP contribution >= 0.6 is 0 Å². The molecule has 0 atom stereocenters. The highest BCUT2D eigenvalue weighted by atomic mass is 16.5. The van der Waals surface area contributed by atoms with Crippen LogP contribution in [0.5, 0.6) is 11.5 Å². The van der Waals surface area contributed by atoms with E-state index in [2.05, 4.69) is 4.90 Å². The third-order valence-electron chi connectivity index (χ3n) is 6.38. The van der Waals surface area contributed by atoms with Crippen LogP contribution in [0.25, 0.3) is 0 Å². The number of quaternary nitrogens is 2. The van der Waals surface area contributed by atoms with E-state index < -0.39 is 0 Å². The number of piperazine rings is 2. The van der Waals surface area contributed by atoms with E-state index in [0.29, 0.717) is 18.9 Å². The number of nitrogens with one attached hydrogen (secondary N) is 2. The fraction of sp³-hybridized carbons (Fsp3) is 0.458. The molecule has 2 aliphatic rings. The van der Waals surface area contributed by atoms with Gasteiger partial charge in [-0.15, -0.1) is 0 Å². The molecule has 2 saturated heterocycles. The van der Waals surface area contributed by atoms with E-state index in [1.165, 1.54) is 9.80 Å². The summed E-state index contributed by atoms with van der Waals surface area (Å²) in [6.45, 7) is 9.75. The zero-order valence-corrected chi connectivity index (χ0v) is 18.1. The normalized spacial score (nSPS) is 18.2. The molecule has 2 aliphatic heterocycles. The Morgan fingerprint density at radius 3 is 2.19 bits per heavy atom. The summed E-state index contributed by atoms with van der Waals surface area (Å²) in [4.78, 5) is 20.0. The molecule has 2 heterocycles. The van der Waals surface area contributed by atoms with Crippen molar-refractivity contribution in [3.05, 3.63) is 54.6 Å². The molecule has 3 N–H and O–H groups in total. The molecule has 7 nitrogen and oxygen atoms in total. The first-order valence-corrected chi connectivity index (χ1v) is 11.3. The molecule has 2 fully saturated rings. The Morgan fingerprint density at radius 2 is 1.52 bits per heavy atom. The van der Waals surface area contributed by atoms with Crippen molar-refractivity contribution in [2.45, 2.75) is 0 Å². The smallest absolute Gasteiger partial charge is 0.278 e. The second-order valence-electron chi connectivity index (χ2n) is 8.47. The van der Waals surface area contributed by atoms with Crippen LogP contribution in [0, 0.1) is 0 Å². The van der Waals surface area contributed by atoms with Gasteiger partial charge in [-0.05, 0) is 36.4 Å². The quantitative estimate of drug-likeness (QED) is 0.526. The Hall–Kier alpha value is -2.77. The molecule has 31 heavy (non-hydrogen) atoms. The number of phenolic OH excluding ortho intramolecular Hbond substituents is 1. The Morgan fingerprint density at radius 1 is 0.871 bits per heavy atom. The first-order valence-electron chi connectivity index (χ1n) is 11.3. The molecular weight excluding hydrogens is 392 g/mol. The number of carbonyl (C=O) groups excluding carboxylic acids is 1. The molecule has 0 spiro atoms. The Kier molecular flexibility index (Phi) is 7.27. The number of aromatic hydroxyl groups is 1. The molecule has 2 aromatic rings. The summed E-state index contributed by atoms with van der Waals surface area (Å²) in [5, 5.41) is 9.45. The average molecular weight is 427 g/mol. The summed E-state index contributed by atoms with van der Waals surface area (Å²) >= 11 is 0. The van der Waals surface area contributed by atoms with Crippen molar-refractivity contribution in [2.75, 3.05) is 77.0 Å². The molecule has 0 radical (unpaired) electrons. The standard InChI is InChI=1S/C24H32N4O3/c29-22-8-6-21(7-9-22)27-14-12-26(13-15-27)20-24(30)28-16-10-25(11-17-28)18-19-31-23-4-2-1-3-5-23/h1-9,29H,10-20H2/p+2. The van der Waals surface area contributed by atoms with Gasteiger partial charge in [-0.25, -0.2) is 0 Å². The SMILES string of the molecule is O=C(C[NH+]1CCN(c2ccc(O)cc2)CC1)N1CC[NH+](CCOc2ccccc2)CC1. The van der Waals surface area contributed by atoms with Gasteiger partial charge in [0.1, 0.15) is 24.7 Å². The van der Waals surface area contributed by atoms with Crippen molar-refractivity contribution in [3.8, 4) is 11.5 Å². The zero-order chi connectivity index (χ0) is 21.5. The van der Waals surface area contributed by atoms with E-state index in [1.807, 2.05) is 47.4 Å². The van der Waals surface area contributed by atoms with Gasteiger partial charge in [0.25, 0.3) is 5.91 Å². The van der Waals surface area contributed by atoms with E-state index in [4.69, 9.17) is 4.74 Å². The Bertz CT molecular complexity index is 814. The molecule has 0 aromatic heterocycles.